The predicted octanol–water partition coefficient (Wildman–Crippen LogP) is 2.91. The van der Waals surface area contributed by atoms with Crippen LogP contribution in [0.2, 0.25) is 0 Å². The standard InChI is InChI=1S/C22H28F2N4/c23-19-1-5-21(6-2-19)27-15-11-25(12-16-27)9-10-26-13-17-28(18-14-26)22-7-3-20(24)4-8-22/h1-8H,9-18H2. The van der Waals surface area contributed by atoms with E-state index in [0.717, 1.165) is 76.8 Å². The Balaban J connectivity index is 1.17. The minimum atomic E-state index is -0.179. The van der Waals surface area contributed by atoms with E-state index in [4.69, 9.17) is 0 Å². The molecule has 0 bridgehead atoms. The van der Waals surface area contributed by atoms with Gasteiger partial charge in [-0.2, -0.15) is 0 Å². The minimum Gasteiger partial charge on any atom is -0.369 e. The molecule has 0 aliphatic carbocycles. The molecule has 28 heavy (non-hydrogen) atoms. The molecule has 0 radical (unpaired) electrons. The molecule has 0 aromatic heterocycles. The average molecular weight is 386 g/mol. The molecular weight excluding hydrogens is 358 g/mol. The Hall–Kier alpha value is -2.18. The Bertz CT molecular complexity index is 669. The van der Waals surface area contributed by atoms with Crippen LogP contribution in [0.15, 0.2) is 48.5 Å². The van der Waals surface area contributed by atoms with Crippen molar-refractivity contribution in [3.63, 3.8) is 0 Å². The van der Waals surface area contributed by atoms with Gasteiger partial charge in [-0.05, 0) is 48.5 Å². The van der Waals surface area contributed by atoms with Gasteiger partial charge in [-0.1, -0.05) is 0 Å². The van der Waals surface area contributed by atoms with Crippen LogP contribution in [-0.2, 0) is 0 Å². The highest BCUT2D eigenvalue weighted by Gasteiger charge is 2.20. The summed E-state index contributed by atoms with van der Waals surface area (Å²) in [5, 5.41) is 0. The van der Waals surface area contributed by atoms with Gasteiger partial charge in [0, 0.05) is 76.8 Å². The summed E-state index contributed by atoms with van der Waals surface area (Å²) in [6, 6.07) is 13.6. The fraction of sp³-hybridized carbons (Fsp3) is 0.455. The zero-order valence-electron chi connectivity index (χ0n) is 16.2. The van der Waals surface area contributed by atoms with E-state index in [9.17, 15) is 8.78 Å². The summed E-state index contributed by atoms with van der Waals surface area (Å²) in [6.07, 6.45) is 0. The topological polar surface area (TPSA) is 13.0 Å². The van der Waals surface area contributed by atoms with E-state index >= 15 is 0 Å². The van der Waals surface area contributed by atoms with Crippen molar-refractivity contribution in [2.24, 2.45) is 0 Å². The van der Waals surface area contributed by atoms with Crippen molar-refractivity contribution in [3.05, 3.63) is 60.2 Å². The molecule has 0 N–H and O–H groups in total. The van der Waals surface area contributed by atoms with Crippen molar-refractivity contribution in [2.45, 2.75) is 0 Å². The van der Waals surface area contributed by atoms with E-state index in [-0.39, 0.29) is 11.6 Å². The second-order valence-electron chi connectivity index (χ2n) is 7.61. The van der Waals surface area contributed by atoms with Crippen LogP contribution in [0, 0.1) is 11.6 Å². The Labute approximate surface area is 165 Å². The highest BCUT2D eigenvalue weighted by atomic mass is 19.1. The van der Waals surface area contributed by atoms with Gasteiger partial charge in [0.2, 0.25) is 0 Å². The predicted molar refractivity (Wildman–Crippen MR) is 110 cm³/mol. The minimum absolute atomic E-state index is 0.179. The number of hydrogen-bond acceptors (Lipinski definition) is 4. The summed E-state index contributed by atoms with van der Waals surface area (Å²) in [5.74, 6) is -0.358. The van der Waals surface area contributed by atoms with Crippen LogP contribution in [-0.4, -0.2) is 75.2 Å². The van der Waals surface area contributed by atoms with E-state index in [2.05, 4.69) is 19.6 Å². The molecular formula is C22H28F2N4. The molecule has 4 nitrogen and oxygen atoms in total. The largest absolute Gasteiger partial charge is 0.369 e. The molecule has 2 aliphatic heterocycles. The molecule has 0 saturated carbocycles. The van der Waals surface area contributed by atoms with E-state index in [1.807, 2.05) is 24.3 Å². The fourth-order valence-corrected chi connectivity index (χ4v) is 4.05. The van der Waals surface area contributed by atoms with Crippen molar-refractivity contribution >= 4 is 11.4 Å². The van der Waals surface area contributed by atoms with E-state index in [0.29, 0.717) is 0 Å². The molecule has 2 aromatic carbocycles. The van der Waals surface area contributed by atoms with Crippen LogP contribution < -0.4 is 9.80 Å². The number of halogens is 2. The van der Waals surface area contributed by atoms with E-state index < -0.39 is 0 Å². The van der Waals surface area contributed by atoms with Gasteiger partial charge in [-0.3, -0.25) is 9.80 Å². The fourth-order valence-electron chi connectivity index (χ4n) is 4.05. The summed E-state index contributed by atoms with van der Waals surface area (Å²) in [4.78, 5) is 9.70. The summed E-state index contributed by atoms with van der Waals surface area (Å²) in [7, 11) is 0. The molecule has 2 saturated heterocycles. The first-order valence-corrected chi connectivity index (χ1v) is 10.1. The lowest BCUT2D eigenvalue weighted by atomic mass is 10.2. The third-order valence-corrected chi connectivity index (χ3v) is 5.86. The molecule has 4 rings (SSSR count). The zero-order valence-corrected chi connectivity index (χ0v) is 16.2. The maximum absolute atomic E-state index is 13.1. The number of rotatable bonds is 5. The second kappa shape index (κ2) is 8.88. The van der Waals surface area contributed by atoms with Crippen molar-refractivity contribution in [1.29, 1.82) is 0 Å². The molecule has 0 amide bonds. The normalized spacial score (nSPS) is 19.2. The number of anilines is 2. The lowest BCUT2D eigenvalue weighted by Crippen LogP contribution is -2.51. The third kappa shape index (κ3) is 4.80. The smallest absolute Gasteiger partial charge is 0.123 e. The molecule has 6 heteroatoms. The van der Waals surface area contributed by atoms with Crippen LogP contribution in [0.25, 0.3) is 0 Å². The lowest BCUT2D eigenvalue weighted by Gasteiger charge is -2.39. The van der Waals surface area contributed by atoms with Crippen molar-refractivity contribution in [3.8, 4) is 0 Å². The highest BCUT2D eigenvalue weighted by Crippen LogP contribution is 2.18. The Morgan fingerprint density at radius 3 is 1.14 bits per heavy atom. The van der Waals surface area contributed by atoms with Crippen molar-refractivity contribution in [2.75, 3.05) is 75.2 Å². The first-order chi connectivity index (χ1) is 13.7. The van der Waals surface area contributed by atoms with Crippen LogP contribution >= 0.6 is 0 Å². The lowest BCUT2D eigenvalue weighted by molar-refractivity contribution is 0.190. The first-order valence-electron chi connectivity index (χ1n) is 10.1. The first kappa shape index (κ1) is 19.2. The summed E-state index contributed by atoms with van der Waals surface area (Å²) < 4.78 is 26.2. The zero-order chi connectivity index (χ0) is 19.3. The van der Waals surface area contributed by atoms with E-state index in [1.165, 1.54) is 24.3 Å². The van der Waals surface area contributed by atoms with Gasteiger partial charge in [-0.15, -0.1) is 0 Å². The number of benzene rings is 2. The van der Waals surface area contributed by atoms with E-state index in [1.54, 1.807) is 0 Å². The molecule has 2 fully saturated rings. The van der Waals surface area contributed by atoms with Crippen LogP contribution in [0.1, 0.15) is 0 Å². The van der Waals surface area contributed by atoms with Gasteiger partial charge >= 0.3 is 0 Å². The van der Waals surface area contributed by atoms with Crippen LogP contribution in [0.4, 0.5) is 20.2 Å². The number of hydrogen-bond donors (Lipinski definition) is 0. The molecule has 2 aliphatic rings. The number of nitrogens with zero attached hydrogens (tertiary/aromatic N) is 4. The van der Waals surface area contributed by atoms with Gasteiger partial charge in [-0.25, -0.2) is 8.78 Å². The van der Waals surface area contributed by atoms with Crippen LogP contribution in [0.3, 0.4) is 0 Å². The number of piperazine rings is 2. The molecule has 2 heterocycles. The summed E-state index contributed by atoms with van der Waals surface area (Å²) >= 11 is 0. The van der Waals surface area contributed by atoms with Gasteiger partial charge in [0.05, 0.1) is 0 Å². The van der Waals surface area contributed by atoms with Crippen molar-refractivity contribution < 1.29 is 8.78 Å². The molecule has 0 atom stereocenters. The maximum Gasteiger partial charge on any atom is 0.123 e. The van der Waals surface area contributed by atoms with Crippen molar-refractivity contribution in [1.82, 2.24) is 9.80 Å². The molecule has 0 spiro atoms. The average Bonchev–Trinajstić information content (AvgIpc) is 2.74. The molecule has 0 unspecified atom stereocenters. The quantitative estimate of drug-likeness (QED) is 0.783. The third-order valence-electron chi connectivity index (χ3n) is 5.86. The summed E-state index contributed by atoms with van der Waals surface area (Å²) in [5.41, 5.74) is 2.22. The van der Waals surface area contributed by atoms with Crippen LogP contribution in [0.5, 0.6) is 0 Å². The monoisotopic (exact) mass is 386 g/mol. The maximum atomic E-state index is 13.1. The highest BCUT2D eigenvalue weighted by molar-refractivity contribution is 5.47. The second-order valence-corrected chi connectivity index (χ2v) is 7.61. The summed E-state index contributed by atoms with van der Waals surface area (Å²) in [6.45, 7) is 10.3. The Kier molecular flexibility index (Phi) is 6.07. The Morgan fingerprint density at radius 2 is 0.821 bits per heavy atom. The Morgan fingerprint density at radius 1 is 0.500 bits per heavy atom. The van der Waals surface area contributed by atoms with Gasteiger partial charge < -0.3 is 9.80 Å². The molecule has 2 aromatic rings. The SMILES string of the molecule is Fc1ccc(N2CCN(CCN3CCN(c4ccc(F)cc4)CC3)CC2)cc1. The van der Waals surface area contributed by atoms with Gasteiger partial charge in [0.15, 0.2) is 0 Å². The van der Waals surface area contributed by atoms with Gasteiger partial charge in [0.1, 0.15) is 11.6 Å². The van der Waals surface area contributed by atoms with Gasteiger partial charge in [0.25, 0.3) is 0 Å². The molecule has 150 valence electrons.